The number of carbonyl (C=O) groups excluding carboxylic acids is 1. The number of hydrogen-bond acceptors (Lipinski definition) is 6. The summed E-state index contributed by atoms with van der Waals surface area (Å²) < 4.78 is 6.42. The number of rotatable bonds is 6. The van der Waals surface area contributed by atoms with Crippen molar-refractivity contribution >= 4 is 46.6 Å². The van der Waals surface area contributed by atoms with Gasteiger partial charge in [0.05, 0.1) is 17.9 Å². The van der Waals surface area contributed by atoms with E-state index in [0.29, 0.717) is 32.5 Å². The van der Waals surface area contributed by atoms with Crippen LogP contribution in [0.15, 0.2) is 47.6 Å². The van der Waals surface area contributed by atoms with Gasteiger partial charge in [-0.1, -0.05) is 35.0 Å². The van der Waals surface area contributed by atoms with Gasteiger partial charge in [0.15, 0.2) is 5.82 Å². The fourth-order valence-corrected chi connectivity index (χ4v) is 3.28. The molecule has 27 heavy (non-hydrogen) atoms. The topological polar surface area (TPSA) is 95.1 Å². The van der Waals surface area contributed by atoms with Crippen molar-refractivity contribution in [3.8, 4) is 17.1 Å². The van der Waals surface area contributed by atoms with Crippen molar-refractivity contribution in [3.05, 3.63) is 52.5 Å². The highest BCUT2D eigenvalue weighted by molar-refractivity contribution is 7.99. The smallest absolute Gasteiger partial charge is 0.234 e. The molecule has 3 aromatic rings. The number of benzene rings is 2. The Morgan fingerprint density at radius 3 is 2.63 bits per heavy atom. The van der Waals surface area contributed by atoms with E-state index < -0.39 is 0 Å². The molecule has 0 saturated carbocycles. The predicted octanol–water partition coefficient (Wildman–Crippen LogP) is 3.71. The molecule has 0 aliphatic carbocycles. The summed E-state index contributed by atoms with van der Waals surface area (Å²) in [5.41, 5.74) is 1.35. The number of hydrogen-bond donors (Lipinski definition) is 2. The van der Waals surface area contributed by atoms with Gasteiger partial charge in [-0.15, -0.1) is 10.2 Å². The molecule has 2 aromatic carbocycles. The summed E-state index contributed by atoms with van der Waals surface area (Å²) in [6, 6.07) is 12.1. The number of nitrogens with two attached hydrogens (primary N) is 1. The minimum Gasteiger partial charge on any atom is -0.495 e. The molecule has 0 saturated heterocycles. The van der Waals surface area contributed by atoms with Gasteiger partial charge in [0.1, 0.15) is 5.75 Å². The molecule has 0 aliphatic heterocycles. The monoisotopic (exact) mass is 423 g/mol. The van der Waals surface area contributed by atoms with Gasteiger partial charge in [-0.2, -0.15) is 0 Å². The number of aromatic nitrogens is 3. The van der Waals surface area contributed by atoms with Crippen molar-refractivity contribution in [2.75, 3.05) is 24.0 Å². The molecule has 1 heterocycles. The maximum absolute atomic E-state index is 12.2. The van der Waals surface area contributed by atoms with Crippen molar-refractivity contribution < 1.29 is 9.53 Å². The normalized spacial score (nSPS) is 10.6. The fraction of sp³-hybridized carbons (Fsp3) is 0.118. The first-order chi connectivity index (χ1) is 13.0. The van der Waals surface area contributed by atoms with E-state index in [2.05, 4.69) is 15.5 Å². The average molecular weight is 424 g/mol. The first kappa shape index (κ1) is 19.3. The van der Waals surface area contributed by atoms with E-state index in [9.17, 15) is 4.79 Å². The highest BCUT2D eigenvalue weighted by Crippen LogP contribution is 2.27. The van der Waals surface area contributed by atoms with E-state index in [-0.39, 0.29) is 11.7 Å². The van der Waals surface area contributed by atoms with E-state index >= 15 is 0 Å². The summed E-state index contributed by atoms with van der Waals surface area (Å²) in [7, 11) is 1.53. The van der Waals surface area contributed by atoms with Gasteiger partial charge in [-0.3, -0.25) is 4.79 Å². The lowest BCUT2D eigenvalue weighted by Gasteiger charge is -2.08. The van der Waals surface area contributed by atoms with Crippen LogP contribution in [0.1, 0.15) is 0 Å². The molecule has 0 unspecified atom stereocenters. The maximum atomic E-state index is 12.2. The molecular weight excluding hydrogens is 409 g/mol. The van der Waals surface area contributed by atoms with E-state index in [1.807, 2.05) is 0 Å². The molecule has 0 aliphatic rings. The summed E-state index contributed by atoms with van der Waals surface area (Å²) in [4.78, 5) is 12.2. The predicted molar refractivity (Wildman–Crippen MR) is 108 cm³/mol. The highest BCUT2D eigenvalue weighted by Gasteiger charge is 2.14. The Kier molecular flexibility index (Phi) is 6.10. The lowest BCUT2D eigenvalue weighted by molar-refractivity contribution is -0.113. The van der Waals surface area contributed by atoms with Crippen LogP contribution < -0.4 is 15.9 Å². The maximum Gasteiger partial charge on any atom is 0.234 e. The largest absolute Gasteiger partial charge is 0.495 e. The van der Waals surface area contributed by atoms with Gasteiger partial charge < -0.3 is 15.9 Å². The third-order valence-electron chi connectivity index (χ3n) is 3.53. The molecular formula is C17H15Cl2N5O2S. The second kappa shape index (κ2) is 8.51. The average Bonchev–Trinajstić information content (AvgIpc) is 3.01. The minimum atomic E-state index is -0.225. The SMILES string of the molecule is COc1ccc(NC(=O)CSc2nnc(-c3ccc(Cl)cc3)n2N)cc1Cl. The fourth-order valence-electron chi connectivity index (χ4n) is 2.24. The van der Waals surface area contributed by atoms with Crippen molar-refractivity contribution in [3.63, 3.8) is 0 Å². The van der Waals surface area contributed by atoms with Crippen LogP contribution in [0.25, 0.3) is 11.4 Å². The molecule has 0 fully saturated rings. The molecule has 0 atom stereocenters. The number of halogens is 2. The zero-order valence-corrected chi connectivity index (χ0v) is 16.5. The van der Waals surface area contributed by atoms with Gasteiger partial charge in [-0.05, 0) is 42.5 Å². The summed E-state index contributed by atoms with van der Waals surface area (Å²) in [5.74, 6) is 6.94. The number of nitrogen functional groups attached to an aromatic ring is 1. The number of ether oxygens (including phenoxy) is 1. The third-order valence-corrected chi connectivity index (χ3v) is 5.03. The summed E-state index contributed by atoms with van der Waals surface area (Å²) >= 11 is 13.1. The van der Waals surface area contributed by atoms with Gasteiger partial charge in [-0.25, -0.2) is 4.68 Å². The third kappa shape index (κ3) is 4.65. The molecule has 10 heteroatoms. The van der Waals surface area contributed by atoms with Crippen LogP contribution in [-0.2, 0) is 4.79 Å². The molecule has 0 bridgehead atoms. The summed E-state index contributed by atoms with van der Waals surface area (Å²) in [5, 5.41) is 12.3. The Balaban J connectivity index is 1.62. The second-order valence-corrected chi connectivity index (χ2v) is 7.16. The standard InChI is InChI=1S/C17H15Cl2N5O2S/c1-26-14-7-6-12(8-13(14)19)21-15(25)9-27-17-23-22-16(24(17)20)10-2-4-11(18)5-3-10/h2-8H,9,20H2,1H3,(H,21,25). The Labute approximate surface area is 169 Å². The number of anilines is 1. The van der Waals surface area contributed by atoms with Gasteiger partial charge in [0.25, 0.3) is 0 Å². The highest BCUT2D eigenvalue weighted by atomic mass is 35.5. The molecule has 1 aromatic heterocycles. The molecule has 140 valence electrons. The number of nitrogens with zero attached hydrogens (tertiary/aromatic N) is 3. The van der Waals surface area contributed by atoms with E-state index in [4.69, 9.17) is 33.8 Å². The van der Waals surface area contributed by atoms with Gasteiger partial charge in [0, 0.05) is 16.3 Å². The van der Waals surface area contributed by atoms with Crippen LogP contribution >= 0.6 is 35.0 Å². The van der Waals surface area contributed by atoms with Crippen molar-refractivity contribution in [1.82, 2.24) is 14.9 Å². The zero-order valence-electron chi connectivity index (χ0n) is 14.1. The lowest BCUT2D eigenvalue weighted by Crippen LogP contribution is -2.16. The molecule has 3 rings (SSSR count). The molecule has 7 nitrogen and oxygen atoms in total. The summed E-state index contributed by atoms with van der Waals surface area (Å²) in [6.45, 7) is 0. The van der Waals surface area contributed by atoms with Crippen LogP contribution in [0.5, 0.6) is 5.75 Å². The van der Waals surface area contributed by atoms with Crippen LogP contribution in [-0.4, -0.2) is 33.6 Å². The number of carbonyl (C=O) groups is 1. The first-order valence-electron chi connectivity index (χ1n) is 7.70. The van der Waals surface area contributed by atoms with Crippen molar-refractivity contribution in [2.45, 2.75) is 5.16 Å². The van der Waals surface area contributed by atoms with Crippen LogP contribution in [0.3, 0.4) is 0 Å². The Morgan fingerprint density at radius 1 is 1.22 bits per heavy atom. The van der Waals surface area contributed by atoms with Gasteiger partial charge >= 0.3 is 0 Å². The minimum absolute atomic E-state index is 0.111. The second-order valence-electron chi connectivity index (χ2n) is 5.37. The Morgan fingerprint density at radius 2 is 1.96 bits per heavy atom. The zero-order chi connectivity index (χ0) is 19.4. The van der Waals surface area contributed by atoms with E-state index in [1.165, 1.54) is 23.5 Å². The van der Waals surface area contributed by atoms with Crippen molar-refractivity contribution in [1.29, 1.82) is 0 Å². The molecule has 0 radical (unpaired) electrons. The van der Waals surface area contributed by atoms with Gasteiger partial charge in [0.2, 0.25) is 11.1 Å². The van der Waals surface area contributed by atoms with E-state index in [1.54, 1.807) is 42.5 Å². The molecule has 3 N–H and O–H groups in total. The summed E-state index contributed by atoms with van der Waals surface area (Å²) in [6.07, 6.45) is 0. The number of amides is 1. The van der Waals surface area contributed by atoms with Crippen LogP contribution in [0.4, 0.5) is 5.69 Å². The molecule has 0 spiro atoms. The number of thioether (sulfide) groups is 1. The van der Waals surface area contributed by atoms with E-state index in [0.717, 1.165) is 5.56 Å². The Hall–Kier alpha value is -2.42. The number of methoxy groups -OCH3 is 1. The molecule has 1 amide bonds. The number of nitrogens with one attached hydrogen (secondary N) is 1. The Bertz CT molecular complexity index is 962. The van der Waals surface area contributed by atoms with Crippen LogP contribution in [0.2, 0.25) is 10.0 Å². The quantitative estimate of drug-likeness (QED) is 0.463. The lowest BCUT2D eigenvalue weighted by atomic mass is 10.2. The first-order valence-corrected chi connectivity index (χ1v) is 9.44. The van der Waals surface area contributed by atoms with Crippen molar-refractivity contribution in [2.24, 2.45) is 0 Å². The van der Waals surface area contributed by atoms with Crippen LogP contribution in [0, 0.1) is 0 Å².